The first-order valence-corrected chi connectivity index (χ1v) is 7.89. The van der Waals surface area contributed by atoms with Crippen molar-refractivity contribution in [3.05, 3.63) is 28.2 Å². The molecule has 120 valence electrons. The van der Waals surface area contributed by atoms with Crippen LogP contribution in [0.25, 0.3) is 0 Å². The van der Waals surface area contributed by atoms with Crippen LogP contribution in [0, 0.1) is 0 Å². The first-order chi connectivity index (χ1) is 10.0. The van der Waals surface area contributed by atoms with Crippen molar-refractivity contribution in [1.82, 2.24) is 0 Å². The molecular weight excluding hydrogens is 351 g/mol. The first kappa shape index (κ1) is 17.3. The Kier molecular flexibility index (Phi) is 4.62. The second kappa shape index (κ2) is 5.87. The number of aliphatic carboxylic acids is 1. The predicted octanol–water partition coefficient (Wildman–Crippen LogP) is 3.34. The fraction of sp³-hybridized carbons (Fsp3) is 0.533. The zero-order valence-corrected chi connectivity index (χ0v) is 14.7. The van der Waals surface area contributed by atoms with Crippen molar-refractivity contribution >= 4 is 29.0 Å². The summed E-state index contributed by atoms with van der Waals surface area (Å²) < 4.78 is 12.6. The Hall–Kier alpha value is -1.05. The molecule has 2 rings (SSSR count). The highest BCUT2D eigenvalue weighted by Gasteiger charge is 2.54. The van der Waals surface area contributed by atoms with Gasteiger partial charge in [0.15, 0.2) is 0 Å². The molecule has 1 unspecified atom stereocenters. The smallest absolute Gasteiger partial charge is 0.466 e. The molecule has 1 aliphatic heterocycles. The number of carboxylic acids is 1. The van der Waals surface area contributed by atoms with Gasteiger partial charge in [-0.1, -0.05) is 22.0 Å². The van der Waals surface area contributed by atoms with Gasteiger partial charge in [-0.2, -0.15) is 0 Å². The second-order valence-corrected chi connectivity index (χ2v) is 7.36. The zero-order valence-electron chi connectivity index (χ0n) is 13.1. The van der Waals surface area contributed by atoms with Gasteiger partial charge in [-0.05, 0) is 39.8 Å². The third-order valence-electron chi connectivity index (χ3n) is 4.40. The Morgan fingerprint density at radius 2 is 1.82 bits per heavy atom. The Labute approximate surface area is 138 Å². The Morgan fingerprint density at radius 3 is 2.27 bits per heavy atom. The molecule has 0 saturated carbocycles. The van der Waals surface area contributed by atoms with Gasteiger partial charge < -0.3 is 19.5 Å². The molecule has 1 aromatic rings. The van der Waals surface area contributed by atoms with Crippen LogP contribution in [0.3, 0.4) is 0 Å². The van der Waals surface area contributed by atoms with Gasteiger partial charge in [-0.25, -0.2) is 0 Å². The van der Waals surface area contributed by atoms with E-state index in [9.17, 15) is 15.0 Å². The monoisotopic (exact) mass is 370 g/mol. The minimum Gasteiger partial charge on any atom is -0.508 e. The molecule has 22 heavy (non-hydrogen) atoms. The fourth-order valence-corrected chi connectivity index (χ4v) is 3.12. The molecule has 0 radical (unpaired) electrons. The summed E-state index contributed by atoms with van der Waals surface area (Å²) in [5.41, 5.74) is -0.639. The molecule has 1 saturated heterocycles. The van der Waals surface area contributed by atoms with E-state index in [0.29, 0.717) is 10.0 Å². The Bertz CT molecular complexity index is 551. The highest BCUT2D eigenvalue weighted by molar-refractivity contribution is 9.10. The molecule has 7 heteroatoms. The summed E-state index contributed by atoms with van der Waals surface area (Å²) in [6, 6.07) is 4.97. The maximum atomic E-state index is 11.3. The highest BCUT2D eigenvalue weighted by atomic mass is 79.9. The van der Waals surface area contributed by atoms with Crippen LogP contribution in [-0.2, 0) is 14.1 Å². The quantitative estimate of drug-likeness (QED) is 0.795. The minimum absolute atomic E-state index is 0.0235. The molecule has 1 fully saturated rings. The van der Waals surface area contributed by atoms with Gasteiger partial charge >= 0.3 is 13.1 Å². The van der Waals surface area contributed by atoms with Crippen LogP contribution in [0.4, 0.5) is 0 Å². The molecular formula is C15H20BBrO5. The van der Waals surface area contributed by atoms with Crippen LogP contribution in [0.2, 0.25) is 0 Å². The van der Waals surface area contributed by atoms with E-state index < -0.39 is 30.1 Å². The molecule has 0 aliphatic carbocycles. The Balaban J connectivity index is 2.43. The van der Waals surface area contributed by atoms with Gasteiger partial charge in [0.05, 0.1) is 17.6 Å². The van der Waals surface area contributed by atoms with Crippen molar-refractivity contribution in [2.24, 2.45) is 0 Å². The lowest BCUT2D eigenvalue weighted by Crippen LogP contribution is -2.41. The van der Waals surface area contributed by atoms with Crippen LogP contribution < -0.4 is 0 Å². The molecule has 1 aromatic carbocycles. The molecule has 1 heterocycles. The largest absolute Gasteiger partial charge is 0.508 e. The number of halogens is 1. The number of hydrogen-bond acceptors (Lipinski definition) is 4. The number of phenolic OH excluding ortho intramolecular Hbond substituents is 1. The number of hydrogen-bond donors (Lipinski definition) is 2. The normalized spacial score (nSPS) is 20.9. The third kappa shape index (κ3) is 3.16. The van der Waals surface area contributed by atoms with E-state index in [1.807, 2.05) is 27.7 Å². The summed E-state index contributed by atoms with van der Waals surface area (Å²) >= 11 is 3.38. The SMILES string of the molecule is CC1(C)OB(C(CC(=O)O)c2c(O)cccc2Br)OC1(C)C. The topological polar surface area (TPSA) is 76.0 Å². The average Bonchev–Trinajstić information content (AvgIpc) is 2.56. The standard InChI is InChI=1S/C15H20BBrO5/c1-14(2)15(3,4)22-16(21-14)9(8-12(19)20)13-10(17)6-5-7-11(13)18/h5-7,9,18H,8H2,1-4H3,(H,19,20). The van der Waals surface area contributed by atoms with E-state index in [2.05, 4.69) is 15.9 Å². The number of phenols is 1. The molecule has 1 aliphatic rings. The maximum absolute atomic E-state index is 11.3. The lowest BCUT2D eigenvalue weighted by molar-refractivity contribution is -0.137. The van der Waals surface area contributed by atoms with Crippen molar-refractivity contribution in [3.8, 4) is 5.75 Å². The van der Waals surface area contributed by atoms with Gasteiger partial charge in [-0.3, -0.25) is 4.79 Å². The van der Waals surface area contributed by atoms with Gasteiger partial charge in [0.1, 0.15) is 5.75 Å². The van der Waals surface area contributed by atoms with Crippen molar-refractivity contribution in [2.75, 3.05) is 0 Å². The van der Waals surface area contributed by atoms with E-state index in [4.69, 9.17) is 9.31 Å². The summed E-state index contributed by atoms with van der Waals surface area (Å²) in [5, 5.41) is 19.4. The summed E-state index contributed by atoms with van der Waals surface area (Å²) in [6.07, 6.45) is -0.201. The highest BCUT2D eigenvalue weighted by Crippen LogP contribution is 2.44. The number of carboxylic acid groups (broad SMARTS) is 1. The lowest BCUT2D eigenvalue weighted by atomic mass is 9.66. The van der Waals surface area contributed by atoms with E-state index in [1.165, 1.54) is 6.07 Å². The molecule has 0 spiro atoms. The summed E-state index contributed by atoms with van der Waals surface area (Å²) in [6.45, 7) is 7.63. The second-order valence-electron chi connectivity index (χ2n) is 6.50. The predicted molar refractivity (Wildman–Crippen MR) is 86.9 cm³/mol. The van der Waals surface area contributed by atoms with Gasteiger partial charge in [0.25, 0.3) is 0 Å². The van der Waals surface area contributed by atoms with Crippen LogP contribution in [0.1, 0.15) is 45.5 Å². The van der Waals surface area contributed by atoms with Crippen LogP contribution in [-0.4, -0.2) is 34.5 Å². The van der Waals surface area contributed by atoms with E-state index in [1.54, 1.807) is 12.1 Å². The minimum atomic E-state index is -0.977. The van der Waals surface area contributed by atoms with E-state index in [-0.39, 0.29) is 12.2 Å². The van der Waals surface area contributed by atoms with Gasteiger partial charge in [-0.15, -0.1) is 0 Å². The molecule has 5 nitrogen and oxygen atoms in total. The summed E-state index contributed by atoms with van der Waals surface area (Å²) in [5.74, 6) is -1.57. The number of rotatable bonds is 4. The molecule has 2 N–H and O–H groups in total. The van der Waals surface area contributed by atoms with Gasteiger partial charge in [0, 0.05) is 15.9 Å². The molecule has 0 aromatic heterocycles. The van der Waals surface area contributed by atoms with E-state index in [0.717, 1.165) is 0 Å². The van der Waals surface area contributed by atoms with Crippen LogP contribution in [0.15, 0.2) is 22.7 Å². The number of aromatic hydroxyl groups is 1. The summed E-state index contributed by atoms with van der Waals surface area (Å²) in [7, 11) is -0.745. The Morgan fingerprint density at radius 1 is 1.27 bits per heavy atom. The number of carbonyl (C=O) groups is 1. The van der Waals surface area contributed by atoms with E-state index >= 15 is 0 Å². The average molecular weight is 371 g/mol. The van der Waals surface area contributed by atoms with Crippen molar-refractivity contribution in [1.29, 1.82) is 0 Å². The first-order valence-electron chi connectivity index (χ1n) is 7.10. The van der Waals surface area contributed by atoms with Crippen molar-refractivity contribution < 1.29 is 24.3 Å². The van der Waals surface area contributed by atoms with Crippen LogP contribution >= 0.6 is 15.9 Å². The van der Waals surface area contributed by atoms with Crippen molar-refractivity contribution in [2.45, 2.75) is 51.1 Å². The molecule has 1 atom stereocenters. The van der Waals surface area contributed by atoms with Gasteiger partial charge in [0.2, 0.25) is 0 Å². The molecule has 0 amide bonds. The summed E-state index contributed by atoms with van der Waals surface area (Å²) in [4.78, 5) is 11.3. The maximum Gasteiger partial charge on any atom is 0.466 e. The van der Waals surface area contributed by atoms with Crippen LogP contribution in [0.5, 0.6) is 5.75 Å². The fourth-order valence-electron chi connectivity index (χ4n) is 2.47. The van der Waals surface area contributed by atoms with Crippen molar-refractivity contribution in [3.63, 3.8) is 0 Å². The third-order valence-corrected chi connectivity index (χ3v) is 5.09. The number of benzene rings is 1. The zero-order chi connectivity index (χ0) is 16.7. The molecule has 0 bridgehead atoms. The lowest BCUT2D eigenvalue weighted by Gasteiger charge is -2.32.